The second-order valence-electron chi connectivity index (χ2n) is 5.93. The van der Waals surface area contributed by atoms with Crippen LogP contribution in [-0.4, -0.2) is 38.9 Å². The van der Waals surface area contributed by atoms with Crippen LogP contribution in [-0.2, 0) is 14.8 Å². The van der Waals surface area contributed by atoms with E-state index in [0.29, 0.717) is 17.3 Å². The number of anilines is 1. The van der Waals surface area contributed by atoms with Gasteiger partial charge in [-0.15, -0.1) is 11.8 Å². The molecule has 1 unspecified atom stereocenters. The van der Waals surface area contributed by atoms with Crippen molar-refractivity contribution in [3.8, 4) is 0 Å². The number of nitrogens with zero attached hydrogens (tertiary/aromatic N) is 1. The molecule has 0 aromatic heterocycles. The molecule has 1 atom stereocenters. The van der Waals surface area contributed by atoms with E-state index in [2.05, 4.69) is 5.32 Å². The van der Waals surface area contributed by atoms with Crippen molar-refractivity contribution in [2.75, 3.05) is 22.9 Å². The van der Waals surface area contributed by atoms with Gasteiger partial charge in [0, 0.05) is 28.3 Å². The van der Waals surface area contributed by atoms with Crippen LogP contribution >= 0.6 is 23.4 Å². The lowest BCUT2D eigenvalue weighted by atomic mass is 10.2. The smallest absolute Gasteiger partial charge is 0.243 e. The van der Waals surface area contributed by atoms with Gasteiger partial charge in [-0.05, 0) is 43.3 Å². The zero-order valence-electron chi connectivity index (χ0n) is 15.2. The number of benzene rings is 2. The van der Waals surface area contributed by atoms with E-state index in [1.165, 1.54) is 18.7 Å². The van der Waals surface area contributed by atoms with E-state index < -0.39 is 33.6 Å². The summed E-state index contributed by atoms with van der Waals surface area (Å²) in [7, 11) is -3.90. The molecule has 0 aliphatic rings. The predicted octanol–water partition coefficient (Wildman–Crippen LogP) is 3.68. The van der Waals surface area contributed by atoms with Gasteiger partial charge in [0.15, 0.2) is 11.6 Å². The van der Waals surface area contributed by atoms with E-state index in [9.17, 15) is 22.0 Å². The third-order valence-corrected chi connectivity index (χ3v) is 6.24. The molecule has 0 fully saturated rings. The number of hydrogen-bond acceptors (Lipinski definition) is 4. The Balaban J connectivity index is 2.01. The molecule has 0 aliphatic carbocycles. The number of sulfonamides is 1. The highest BCUT2D eigenvalue weighted by Gasteiger charge is 2.29. The molecule has 0 spiro atoms. The Hall–Kier alpha value is -1.84. The largest absolute Gasteiger partial charge is 0.353 e. The summed E-state index contributed by atoms with van der Waals surface area (Å²) in [5.74, 6) is -2.29. The van der Waals surface area contributed by atoms with Gasteiger partial charge in [0.1, 0.15) is 6.04 Å². The molecule has 0 saturated heterocycles. The maximum Gasteiger partial charge on any atom is 0.243 e. The number of nitrogens with one attached hydrogen (secondary N) is 1. The summed E-state index contributed by atoms with van der Waals surface area (Å²) in [5, 5.41) is 3.28. The summed E-state index contributed by atoms with van der Waals surface area (Å²) in [6.07, 6.45) is 0.897. The lowest BCUT2D eigenvalue weighted by molar-refractivity contribution is -0.121. The Labute approximate surface area is 172 Å². The van der Waals surface area contributed by atoms with Crippen molar-refractivity contribution in [2.45, 2.75) is 17.9 Å². The summed E-state index contributed by atoms with van der Waals surface area (Å²) in [4.78, 5) is 13.4. The Morgan fingerprint density at radius 2 is 1.82 bits per heavy atom. The number of rotatable bonds is 8. The minimum absolute atomic E-state index is 0.125. The van der Waals surface area contributed by atoms with Gasteiger partial charge in [-0.25, -0.2) is 17.2 Å². The first kappa shape index (κ1) is 22.4. The molecule has 1 amide bonds. The molecule has 2 aromatic rings. The van der Waals surface area contributed by atoms with Gasteiger partial charge < -0.3 is 5.32 Å². The average molecular weight is 449 g/mol. The van der Waals surface area contributed by atoms with Gasteiger partial charge in [0.2, 0.25) is 15.9 Å². The van der Waals surface area contributed by atoms with Crippen LogP contribution < -0.4 is 9.62 Å². The summed E-state index contributed by atoms with van der Waals surface area (Å²) in [6, 6.07) is 8.76. The van der Waals surface area contributed by atoms with Crippen LogP contribution in [0, 0.1) is 11.6 Å². The lowest BCUT2D eigenvalue weighted by Gasteiger charge is -2.28. The van der Waals surface area contributed by atoms with Gasteiger partial charge >= 0.3 is 0 Å². The lowest BCUT2D eigenvalue weighted by Crippen LogP contribution is -2.48. The summed E-state index contributed by atoms with van der Waals surface area (Å²) in [6.45, 7) is 1.68. The van der Waals surface area contributed by atoms with E-state index >= 15 is 0 Å². The molecule has 0 radical (unpaired) electrons. The molecular weight excluding hydrogens is 430 g/mol. The fraction of sp³-hybridized carbons (Fsp3) is 0.278. The Kier molecular flexibility index (Phi) is 7.68. The molecule has 0 saturated carbocycles. The highest BCUT2D eigenvalue weighted by atomic mass is 35.5. The van der Waals surface area contributed by atoms with Crippen LogP contribution in [0.2, 0.25) is 5.02 Å². The summed E-state index contributed by atoms with van der Waals surface area (Å²) < 4.78 is 51.7. The van der Waals surface area contributed by atoms with Gasteiger partial charge in [0.25, 0.3) is 0 Å². The Morgan fingerprint density at radius 1 is 1.18 bits per heavy atom. The van der Waals surface area contributed by atoms with Gasteiger partial charge in [0.05, 0.1) is 11.9 Å². The van der Waals surface area contributed by atoms with E-state index in [1.54, 1.807) is 12.1 Å². The van der Waals surface area contributed by atoms with Crippen LogP contribution in [0.25, 0.3) is 0 Å². The summed E-state index contributed by atoms with van der Waals surface area (Å²) >= 11 is 7.32. The third kappa shape index (κ3) is 6.08. The second kappa shape index (κ2) is 9.58. The number of hydrogen-bond donors (Lipinski definition) is 1. The van der Waals surface area contributed by atoms with Crippen molar-refractivity contribution in [1.29, 1.82) is 0 Å². The molecule has 0 heterocycles. The number of amides is 1. The van der Waals surface area contributed by atoms with Crippen LogP contribution in [0.4, 0.5) is 14.5 Å². The van der Waals surface area contributed by atoms with Gasteiger partial charge in [-0.2, -0.15) is 0 Å². The maximum absolute atomic E-state index is 13.5. The first-order valence-electron chi connectivity index (χ1n) is 8.20. The number of carbonyl (C=O) groups excluding carboxylic acids is 1. The van der Waals surface area contributed by atoms with Crippen molar-refractivity contribution in [2.24, 2.45) is 0 Å². The number of halogens is 3. The normalized spacial score (nSPS) is 12.5. The first-order valence-corrected chi connectivity index (χ1v) is 11.4. The van der Waals surface area contributed by atoms with Crippen LogP contribution in [0.1, 0.15) is 6.92 Å². The predicted molar refractivity (Wildman–Crippen MR) is 108 cm³/mol. The maximum atomic E-state index is 13.5. The summed E-state index contributed by atoms with van der Waals surface area (Å²) in [5.41, 5.74) is -0.125. The molecule has 0 aliphatic heterocycles. The molecular formula is C18H19ClF2N2O3S2. The fourth-order valence-electron chi connectivity index (χ4n) is 2.45. The first-order chi connectivity index (χ1) is 13.1. The molecule has 0 bridgehead atoms. The van der Waals surface area contributed by atoms with Gasteiger partial charge in [-0.1, -0.05) is 11.6 Å². The molecule has 10 heteroatoms. The molecule has 152 valence electrons. The van der Waals surface area contributed by atoms with E-state index in [-0.39, 0.29) is 5.69 Å². The van der Waals surface area contributed by atoms with Gasteiger partial charge in [-0.3, -0.25) is 9.10 Å². The molecule has 2 rings (SSSR count). The van der Waals surface area contributed by atoms with E-state index in [1.807, 2.05) is 12.1 Å². The highest BCUT2D eigenvalue weighted by Crippen LogP contribution is 2.23. The third-order valence-electron chi connectivity index (χ3n) is 3.73. The number of carbonyl (C=O) groups is 1. The van der Waals surface area contributed by atoms with Crippen molar-refractivity contribution in [3.05, 3.63) is 59.1 Å². The monoisotopic (exact) mass is 448 g/mol. The minimum Gasteiger partial charge on any atom is -0.353 e. The van der Waals surface area contributed by atoms with Crippen molar-refractivity contribution in [1.82, 2.24) is 5.32 Å². The Bertz CT molecular complexity index is 940. The van der Waals surface area contributed by atoms with Crippen molar-refractivity contribution >= 4 is 45.0 Å². The standard InChI is InChI=1S/C18H19ClF2N2O3S2/c1-12(18(24)22-9-10-27-15-6-3-13(19)4-7-15)23(28(2,25)26)14-5-8-16(20)17(21)11-14/h3-8,11-12H,9-10H2,1-2H3,(H,22,24). The number of thioether (sulfide) groups is 1. The van der Waals surface area contributed by atoms with E-state index in [0.717, 1.165) is 33.7 Å². The fourth-order valence-corrected chi connectivity index (χ4v) is 4.51. The van der Waals surface area contributed by atoms with Crippen molar-refractivity contribution < 1.29 is 22.0 Å². The molecule has 28 heavy (non-hydrogen) atoms. The van der Waals surface area contributed by atoms with Crippen LogP contribution in [0.3, 0.4) is 0 Å². The topological polar surface area (TPSA) is 66.5 Å². The van der Waals surface area contributed by atoms with Crippen molar-refractivity contribution in [3.63, 3.8) is 0 Å². The molecule has 2 aromatic carbocycles. The quantitative estimate of drug-likeness (QED) is 0.494. The van der Waals surface area contributed by atoms with E-state index in [4.69, 9.17) is 11.6 Å². The Morgan fingerprint density at radius 3 is 2.39 bits per heavy atom. The molecule has 5 nitrogen and oxygen atoms in total. The average Bonchev–Trinajstić information content (AvgIpc) is 2.62. The highest BCUT2D eigenvalue weighted by molar-refractivity contribution is 7.99. The SMILES string of the molecule is CC(C(=O)NCCSc1ccc(Cl)cc1)N(c1ccc(F)c(F)c1)S(C)(=O)=O. The van der Waals surface area contributed by atoms with Crippen LogP contribution in [0.5, 0.6) is 0 Å². The van der Waals surface area contributed by atoms with Crippen LogP contribution in [0.15, 0.2) is 47.4 Å². The second-order valence-corrected chi connectivity index (χ2v) is 9.39. The molecule has 1 N–H and O–H groups in total. The minimum atomic E-state index is -3.90. The zero-order valence-corrected chi connectivity index (χ0v) is 17.5. The zero-order chi connectivity index (χ0) is 20.9.